The van der Waals surface area contributed by atoms with Gasteiger partial charge < -0.3 is 9.73 Å². The van der Waals surface area contributed by atoms with Crippen molar-refractivity contribution in [3.63, 3.8) is 0 Å². The van der Waals surface area contributed by atoms with E-state index in [-0.39, 0.29) is 21.5 Å². The third-order valence-corrected chi connectivity index (χ3v) is 5.18. The molecule has 0 saturated carbocycles. The lowest BCUT2D eigenvalue weighted by atomic mass is 10.3. The number of hydrogen-bond acceptors (Lipinski definition) is 4. The molecule has 23 heavy (non-hydrogen) atoms. The monoisotopic (exact) mass is 376 g/mol. The number of hydrogen-bond donors (Lipinski definition) is 2. The highest BCUT2D eigenvalue weighted by Crippen LogP contribution is 2.24. The van der Waals surface area contributed by atoms with Gasteiger partial charge in [0.05, 0.1) is 23.9 Å². The number of sulfonamides is 1. The normalized spacial score (nSPS) is 12.8. The van der Waals surface area contributed by atoms with Crippen molar-refractivity contribution in [3.8, 4) is 0 Å². The maximum absolute atomic E-state index is 12.3. The molecule has 0 aliphatic rings. The zero-order valence-electron chi connectivity index (χ0n) is 12.0. The molecule has 0 unspecified atom stereocenters. The van der Waals surface area contributed by atoms with Gasteiger partial charge in [0.25, 0.3) is 0 Å². The smallest absolute Gasteiger partial charge is 0.242 e. The summed E-state index contributed by atoms with van der Waals surface area (Å²) in [5, 5.41) is 2.81. The minimum Gasteiger partial charge on any atom is -0.467 e. The van der Waals surface area contributed by atoms with Gasteiger partial charge in [-0.2, -0.15) is 4.72 Å². The van der Waals surface area contributed by atoms with E-state index in [2.05, 4.69) is 10.0 Å². The summed E-state index contributed by atoms with van der Waals surface area (Å²) in [6.07, 6.45) is 1.48. The Hall–Kier alpha value is -1.54. The van der Waals surface area contributed by atoms with Crippen LogP contribution in [0.25, 0.3) is 0 Å². The van der Waals surface area contributed by atoms with Gasteiger partial charge in [-0.25, -0.2) is 8.42 Å². The van der Waals surface area contributed by atoms with Crippen molar-refractivity contribution in [2.75, 3.05) is 0 Å². The molecule has 1 heterocycles. The van der Waals surface area contributed by atoms with Crippen molar-refractivity contribution in [2.45, 2.75) is 24.4 Å². The van der Waals surface area contributed by atoms with Crippen LogP contribution in [-0.4, -0.2) is 20.4 Å². The van der Waals surface area contributed by atoms with E-state index in [0.29, 0.717) is 5.76 Å². The number of rotatable bonds is 6. The summed E-state index contributed by atoms with van der Waals surface area (Å²) in [6.45, 7) is 1.59. The van der Waals surface area contributed by atoms with Crippen molar-refractivity contribution in [2.24, 2.45) is 0 Å². The van der Waals surface area contributed by atoms with Crippen LogP contribution >= 0.6 is 23.2 Å². The number of nitrogens with one attached hydrogen (secondary N) is 2. The first-order valence-corrected chi connectivity index (χ1v) is 8.81. The lowest BCUT2D eigenvalue weighted by molar-refractivity contribution is -0.122. The highest BCUT2D eigenvalue weighted by atomic mass is 35.5. The second-order valence-electron chi connectivity index (χ2n) is 4.71. The Morgan fingerprint density at radius 3 is 2.70 bits per heavy atom. The molecule has 0 spiro atoms. The van der Waals surface area contributed by atoms with E-state index < -0.39 is 22.0 Å². The lowest BCUT2D eigenvalue weighted by Gasteiger charge is -2.15. The summed E-state index contributed by atoms with van der Waals surface area (Å²) in [4.78, 5) is 11.8. The predicted molar refractivity (Wildman–Crippen MR) is 86.8 cm³/mol. The SMILES string of the molecule is C[C@@H](NS(=O)(=O)c1cc(Cl)ccc1Cl)C(=O)NCc1ccco1. The standard InChI is InChI=1S/C14H14Cl2N2O4S/c1-9(14(19)17-8-11-3-2-6-22-11)18-23(20,21)13-7-10(15)4-5-12(13)16/h2-7,9,18H,8H2,1H3,(H,17,19)/t9-/m1/s1. The second-order valence-corrected chi connectivity index (χ2v) is 7.24. The van der Waals surface area contributed by atoms with Crippen molar-refractivity contribution in [1.82, 2.24) is 10.0 Å². The molecule has 0 bridgehead atoms. The molecule has 9 heteroatoms. The molecule has 1 atom stereocenters. The topological polar surface area (TPSA) is 88.4 Å². The Kier molecular flexibility index (Phi) is 5.69. The number of furan rings is 1. The van der Waals surface area contributed by atoms with Gasteiger partial charge in [0.2, 0.25) is 15.9 Å². The van der Waals surface area contributed by atoms with Crippen molar-refractivity contribution in [1.29, 1.82) is 0 Å². The Balaban J connectivity index is 2.04. The fourth-order valence-electron chi connectivity index (χ4n) is 1.77. The second kappa shape index (κ2) is 7.35. The molecule has 0 saturated heterocycles. The largest absolute Gasteiger partial charge is 0.467 e. The van der Waals surface area contributed by atoms with Gasteiger partial charge in [-0.3, -0.25) is 4.79 Å². The van der Waals surface area contributed by atoms with Crippen molar-refractivity contribution >= 4 is 39.1 Å². The van der Waals surface area contributed by atoms with Crippen LogP contribution in [-0.2, 0) is 21.4 Å². The molecule has 2 aromatic rings. The fourth-order valence-corrected chi connectivity index (χ4v) is 3.74. The summed E-state index contributed by atoms with van der Waals surface area (Å²) in [5.41, 5.74) is 0. The van der Waals surface area contributed by atoms with Crippen LogP contribution in [0.3, 0.4) is 0 Å². The molecule has 0 aliphatic carbocycles. The van der Waals surface area contributed by atoms with Crippen molar-refractivity contribution < 1.29 is 17.6 Å². The van der Waals surface area contributed by atoms with E-state index in [0.717, 1.165) is 0 Å². The summed E-state index contributed by atoms with van der Waals surface area (Å²) < 4.78 is 31.9. The average molecular weight is 377 g/mol. The predicted octanol–water partition coefficient (Wildman–Crippen LogP) is 2.57. The van der Waals surface area contributed by atoms with E-state index in [9.17, 15) is 13.2 Å². The third-order valence-electron chi connectivity index (χ3n) is 2.92. The molecule has 6 nitrogen and oxygen atoms in total. The molecule has 1 amide bonds. The Bertz CT molecular complexity index is 791. The summed E-state index contributed by atoms with van der Waals surface area (Å²) in [6, 6.07) is 6.46. The summed E-state index contributed by atoms with van der Waals surface area (Å²) in [5.74, 6) is 0.0643. The van der Waals surface area contributed by atoms with Gasteiger partial charge in [0.1, 0.15) is 10.7 Å². The highest BCUT2D eigenvalue weighted by Gasteiger charge is 2.24. The van der Waals surface area contributed by atoms with Crippen molar-refractivity contribution in [3.05, 3.63) is 52.4 Å². The van der Waals surface area contributed by atoms with Gasteiger partial charge in [-0.05, 0) is 37.3 Å². The Labute approximate surface area is 143 Å². The van der Waals surface area contributed by atoms with Gasteiger partial charge >= 0.3 is 0 Å². The molecule has 1 aromatic heterocycles. The molecule has 124 valence electrons. The first kappa shape index (κ1) is 17.8. The fraction of sp³-hybridized carbons (Fsp3) is 0.214. The van der Waals surface area contributed by atoms with Crippen LogP contribution in [0.5, 0.6) is 0 Å². The summed E-state index contributed by atoms with van der Waals surface area (Å²) >= 11 is 11.7. The van der Waals surface area contributed by atoms with E-state index >= 15 is 0 Å². The molecule has 2 rings (SSSR count). The van der Waals surface area contributed by atoms with Crippen LogP contribution in [0.4, 0.5) is 0 Å². The average Bonchev–Trinajstić information content (AvgIpc) is 3.00. The quantitative estimate of drug-likeness (QED) is 0.810. The minimum atomic E-state index is -3.98. The van der Waals surface area contributed by atoms with Gasteiger partial charge in [-0.15, -0.1) is 0 Å². The van der Waals surface area contributed by atoms with Crippen LogP contribution in [0.15, 0.2) is 45.9 Å². The molecular formula is C14H14Cl2N2O4S. The van der Waals surface area contributed by atoms with Gasteiger partial charge in [-0.1, -0.05) is 23.2 Å². The Morgan fingerprint density at radius 2 is 2.04 bits per heavy atom. The molecule has 0 aliphatic heterocycles. The minimum absolute atomic E-state index is 0.0186. The van der Waals surface area contributed by atoms with E-state index in [1.165, 1.54) is 31.4 Å². The van der Waals surface area contributed by atoms with E-state index in [1.54, 1.807) is 12.1 Å². The van der Waals surface area contributed by atoms with E-state index in [4.69, 9.17) is 27.6 Å². The van der Waals surface area contributed by atoms with Gasteiger partial charge in [0, 0.05) is 5.02 Å². The molecule has 0 fully saturated rings. The van der Waals surface area contributed by atoms with Crippen LogP contribution < -0.4 is 10.0 Å². The molecule has 2 N–H and O–H groups in total. The number of amides is 1. The lowest BCUT2D eigenvalue weighted by Crippen LogP contribution is -2.44. The maximum atomic E-state index is 12.3. The van der Waals surface area contributed by atoms with Crippen LogP contribution in [0, 0.1) is 0 Å². The first-order chi connectivity index (χ1) is 10.8. The third kappa shape index (κ3) is 4.71. The Morgan fingerprint density at radius 1 is 1.30 bits per heavy atom. The van der Waals surface area contributed by atoms with Crippen LogP contribution in [0.2, 0.25) is 10.0 Å². The number of benzene rings is 1. The summed E-state index contributed by atoms with van der Waals surface area (Å²) in [7, 11) is -3.98. The van der Waals surface area contributed by atoms with Gasteiger partial charge in [0.15, 0.2) is 0 Å². The highest BCUT2D eigenvalue weighted by molar-refractivity contribution is 7.89. The zero-order chi connectivity index (χ0) is 17.0. The first-order valence-electron chi connectivity index (χ1n) is 6.57. The zero-order valence-corrected chi connectivity index (χ0v) is 14.4. The van der Waals surface area contributed by atoms with E-state index in [1.807, 2.05) is 0 Å². The molecular weight excluding hydrogens is 363 g/mol. The molecule has 1 aromatic carbocycles. The number of halogens is 2. The number of carbonyl (C=O) groups excluding carboxylic acids is 1. The molecule has 0 radical (unpaired) electrons. The number of carbonyl (C=O) groups is 1. The van der Waals surface area contributed by atoms with Crippen LogP contribution in [0.1, 0.15) is 12.7 Å². The maximum Gasteiger partial charge on any atom is 0.242 e.